The first-order valence-electron chi connectivity index (χ1n) is 6.00. The number of carboxylic acids is 1. The largest absolute Gasteiger partial charge is 0.478 e. The van der Waals surface area contributed by atoms with E-state index in [9.17, 15) is 9.90 Å². The molecule has 19 heavy (non-hydrogen) atoms. The SMILES string of the molecule is Nc1nc2cc(C(=O)O)c(N3CCNCC3)cn2n1. The molecule has 1 fully saturated rings. The fourth-order valence-corrected chi connectivity index (χ4v) is 2.26. The van der Waals surface area contributed by atoms with Crippen molar-refractivity contribution in [1.29, 1.82) is 0 Å². The van der Waals surface area contributed by atoms with Gasteiger partial charge in [-0.15, -0.1) is 5.10 Å². The number of nitrogens with two attached hydrogens (primary N) is 1. The molecule has 0 radical (unpaired) electrons. The molecule has 0 unspecified atom stereocenters. The number of rotatable bonds is 2. The van der Waals surface area contributed by atoms with Gasteiger partial charge in [-0.25, -0.2) is 9.31 Å². The van der Waals surface area contributed by atoms with E-state index in [0.717, 1.165) is 26.2 Å². The van der Waals surface area contributed by atoms with E-state index in [4.69, 9.17) is 5.73 Å². The van der Waals surface area contributed by atoms with Crippen LogP contribution in [0.4, 0.5) is 11.6 Å². The second-order valence-electron chi connectivity index (χ2n) is 4.39. The number of aromatic nitrogens is 3. The molecule has 0 spiro atoms. The van der Waals surface area contributed by atoms with Crippen LogP contribution < -0.4 is 16.0 Å². The summed E-state index contributed by atoms with van der Waals surface area (Å²) in [6, 6.07) is 1.50. The number of fused-ring (bicyclic) bond motifs is 1. The highest BCUT2D eigenvalue weighted by Crippen LogP contribution is 2.22. The highest BCUT2D eigenvalue weighted by Gasteiger charge is 2.20. The van der Waals surface area contributed by atoms with Crippen LogP contribution in [-0.4, -0.2) is 51.9 Å². The molecular formula is C11H14N6O2. The molecule has 3 rings (SSSR count). The first-order valence-corrected chi connectivity index (χ1v) is 6.00. The summed E-state index contributed by atoms with van der Waals surface area (Å²) < 4.78 is 1.51. The topological polar surface area (TPSA) is 109 Å². The molecule has 2 aromatic heterocycles. The van der Waals surface area contributed by atoms with Crippen molar-refractivity contribution in [2.75, 3.05) is 36.8 Å². The summed E-state index contributed by atoms with van der Waals surface area (Å²) in [5.74, 6) is -0.841. The van der Waals surface area contributed by atoms with Gasteiger partial charge in [0.25, 0.3) is 0 Å². The smallest absolute Gasteiger partial charge is 0.338 e. The zero-order chi connectivity index (χ0) is 13.4. The summed E-state index contributed by atoms with van der Waals surface area (Å²) in [4.78, 5) is 17.4. The standard InChI is InChI=1S/C11H14N6O2/c12-11-14-9-5-7(10(18)19)8(6-17(9)15-11)16-3-1-13-2-4-16/h5-6,13H,1-4H2,(H2,12,15)(H,18,19). The summed E-state index contributed by atoms with van der Waals surface area (Å²) in [5.41, 5.74) is 6.84. The van der Waals surface area contributed by atoms with Crippen molar-refractivity contribution in [2.24, 2.45) is 0 Å². The lowest BCUT2D eigenvalue weighted by atomic mass is 10.2. The van der Waals surface area contributed by atoms with Crippen molar-refractivity contribution in [2.45, 2.75) is 0 Å². The number of pyridine rings is 1. The summed E-state index contributed by atoms with van der Waals surface area (Å²) in [6.45, 7) is 3.18. The second-order valence-corrected chi connectivity index (χ2v) is 4.39. The van der Waals surface area contributed by atoms with Gasteiger partial charge in [0.05, 0.1) is 17.4 Å². The van der Waals surface area contributed by atoms with Crippen molar-refractivity contribution >= 4 is 23.3 Å². The Bertz CT molecular complexity index is 631. The van der Waals surface area contributed by atoms with Crippen molar-refractivity contribution < 1.29 is 9.90 Å². The zero-order valence-corrected chi connectivity index (χ0v) is 10.2. The van der Waals surface area contributed by atoms with Crippen molar-refractivity contribution in [1.82, 2.24) is 19.9 Å². The van der Waals surface area contributed by atoms with Crippen molar-refractivity contribution in [3.8, 4) is 0 Å². The maximum Gasteiger partial charge on any atom is 0.338 e. The van der Waals surface area contributed by atoms with Gasteiger partial charge in [-0.05, 0) is 6.07 Å². The molecule has 2 aromatic rings. The normalized spacial score (nSPS) is 15.9. The number of hydrogen-bond acceptors (Lipinski definition) is 6. The van der Waals surface area contributed by atoms with Gasteiger partial charge in [-0.1, -0.05) is 0 Å². The molecule has 8 nitrogen and oxygen atoms in total. The lowest BCUT2D eigenvalue weighted by Gasteiger charge is -2.30. The van der Waals surface area contributed by atoms with E-state index in [-0.39, 0.29) is 11.5 Å². The molecule has 3 heterocycles. The van der Waals surface area contributed by atoms with E-state index in [2.05, 4.69) is 15.4 Å². The number of anilines is 2. The summed E-state index contributed by atoms with van der Waals surface area (Å²) in [7, 11) is 0. The third-order valence-electron chi connectivity index (χ3n) is 3.16. The molecule has 0 amide bonds. The van der Waals surface area contributed by atoms with Gasteiger partial charge >= 0.3 is 5.97 Å². The zero-order valence-electron chi connectivity index (χ0n) is 10.2. The molecule has 0 atom stereocenters. The minimum absolute atomic E-state index is 0.133. The van der Waals surface area contributed by atoms with E-state index in [1.54, 1.807) is 6.20 Å². The lowest BCUT2D eigenvalue weighted by Crippen LogP contribution is -2.44. The third-order valence-corrected chi connectivity index (χ3v) is 3.16. The second kappa shape index (κ2) is 4.39. The van der Waals surface area contributed by atoms with Crippen molar-refractivity contribution in [3.63, 3.8) is 0 Å². The van der Waals surface area contributed by atoms with Gasteiger partial charge in [0, 0.05) is 26.2 Å². The Kier molecular flexibility index (Phi) is 2.71. The Labute approximate surface area is 108 Å². The van der Waals surface area contributed by atoms with E-state index >= 15 is 0 Å². The predicted octanol–water partition coefficient (Wildman–Crippen LogP) is -0.581. The number of carboxylic acid groups (broad SMARTS) is 1. The molecule has 100 valence electrons. The number of nitrogens with zero attached hydrogens (tertiary/aromatic N) is 4. The fraction of sp³-hybridized carbons (Fsp3) is 0.364. The molecular weight excluding hydrogens is 248 g/mol. The van der Waals surface area contributed by atoms with Crippen LogP contribution in [-0.2, 0) is 0 Å². The Morgan fingerprint density at radius 1 is 1.42 bits per heavy atom. The average molecular weight is 262 g/mol. The molecule has 0 saturated carbocycles. The molecule has 0 bridgehead atoms. The molecule has 0 aromatic carbocycles. The summed E-state index contributed by atoms with van der Waals surface area (Å²) in [6.07, 6.45) is 1.67. The number of aromatic carboxylic acids is 1. The maximum absolute atomic E-state index is 11.4. The van der Waals surface area contributed by atoms with Crippen LogP contribution in [0.5, 0.6) is 0 Å². The fourth-order valence-electron chi connectivity index (χ4n) is 2.26. The number of carbonyl (C=O) groups is 1. The Balaban J connectivity index is 2.13. The van der Waals surface area contributed by atoms with Gasteiger partial charge in [-0.3, -0.25) is 0 Å². The number of hydrogen-bond donors (Lipinski definition) is 3. The van der Waals surface area contributed by atoms with Gasteiger partial charge < -0.3 is 21.1 Å². The van der Waals surface area contributed by atoms with Gasteiger partial charge in [-0.2, -0.15) is 4.98 Å². The first kappa shape index (κ1) is 11.7. The van der Waals surface area contributed by atoms with E-state index < -0.39 is 5.97 Å². The molecule has 0 aliphatic carbocycles. The molecule has 8 heteroatoms. The molecule has 1 saturated heterocycles. The van der Waals surface area contributed by atoms with E-state index in [1.165, 1.54) is 10.6 Å². The molecule has 4 N–H and O–H groups in total. The van der Waals surface area contributed by atoms with Crippen LogP contribution in [0.1, 0.15) is 10.4 Å². The van der Waals surface area contributed by atoms with Crippen LogP contribution >= 0.6 is 0 Å². The Morgan fingerprint density at radius 3 is 2.84 bits per heavy atom. The van der Waals surface area contributed by atoms with Gasteiger partial charge in [0.2, 0.25) is 5.95 Å². The number of nitrogen functional groups attached to an aromatic ring is 1. The predicted molar refractivity (Wildman–Crippen MR) is 69.4 cm³/mol. The molecule has 1 aliphatic rings. The Hall–Kier alpha value is -2.35. The van der Waals surface area contributed by atoms with Gasteiger partial charge in [0.1, 0.15) is 0 Å². The van der Waals surface area contributed by atoms with Crippen LogP contribution in [0.3, 0.4) is 0 Å². The third kappa shape index (κ3) is 2.06. The summed E-state index contributed by atoms with van der Waals surface area (Å²) >= 11 is 0. The average Bonchev–Trinajstić information content (AvgIpc) is 2.77. The van der Waals surface area contributed by atoms with Crippen molar-refractivity contribution in [3.05, 3.63) is 17.8 Å². The minimum Gasteiger partial charge on any atom is -0.478 e. The highest BCUT2D eigenvalue weighted by atomic mass is 16.4. The lowest BCUT2D eigenvalue weighted by molar-refractivity contribution is 0.0697. The minimum atomic E-state index is -0.974. The van der Waals surface area contributed by atoms with Crippen LogP contribution in [0.2, 0.25) is 0 Å². The first-order chi connectivity index (χ1) is 9.15. The quantitative estimate of drug-likeness (QED) is 0.664. The number of piperazine rings is 1. The number of nitrogens with one attached hydrogen (secondary N) is 1. The van der Waals surface area contributed by atoms with Crippen LogP contribution in [0.15, 0.2) is 12.3 Å². The monoisotopic (exact) mass is 262 g/mol. The van der Waals surface area contributed by atoms with E-state index in [0.29, 0.717) is 11.3 Å². The van der Waals surface area contributed by atoms with E-state index in [1.807, 2.05) is 4.90 Å². The van der Waals surface area contributed by atoms with Crippen LogP contribution in [0.25, 0.3) is 5.65 Å². The maximum atomic E-state index is 11.4. The highest BCUT2D eigenvalue weighted by molar-refractivity contribution is 5.95. The van der Waals surface area contributed by atoms with Crippen LogP contribution in [0, 0.1) is 0 Å². The van der Waals surface area contributed by atoms with Gasteiger partial charge in [0.15, 0.2) is 5.65 Å². The Morgan fingerprint density at radius 2 is 2.16 bits per heavy atom. The summed E-state index contributed by atoms with van der Waals surface area (Å²) in [5, 5.41) is 16.6. The molecule has 1 aliphatic heterocycles.